The number of rotatable bonds is 3. The van der Waals surface area contributed by atoms with Crippen molar-refractivity contribution < 1.29 is 5.21 Å². The molecule has 13 heavy (non-hydrogen) atoms. The first-order valence-electron chi connectivity index (χ1n) is 4.84. The normalized spacial score (nSPS) is 31.1. The molecule has 1 aliphatic rings. The summed E-state index contributed by atoms with van der Waals surface area (Å²) < 4.78 is 0. The second-order valence-electron chi connectivity index (χ2n) is 4.03. The van der Waals surface area contributed by atoms with Gasteiger partial charge in [0.05, 0.1) is 0 Å². The first-order valence-corrected chi connectivity index (χ1v) is 4.84. The van der Waals surface area contributed by atoms with E-state index in [9.17, 15) is 0 Å². The fraction of sp³-hybridized carbons (Fsp3) is 0.889. The smallest absolute Gasteiger partial charge is 0.140 e. The van der Waals surface area contributed by atoms with Gasteiger partial charge < -0.3 is 10.9 Å². The van der Waals surface area contributed by atoms with Gasteiger partial charge in [-0.05, 0) is 19.3 Å². The summed E-state index contributed by atoms with van der Waals surface area (Å²) in [5.41, 5.74) is 5.40. The zero-order valence-electron chi connectivity index (χ0n) is 8.40. The van der Waals surface area contributed by atoms with E-state index in [0.29, 0.717) is 18.3 Å². The molecule has 0 spiro atoms. The van der Waals surface area contributed by atoms with Crippen molar-refractivity contribution in [2.24, 2.45) is 16.8 Å². The number of amidine groups is 1. The first kappa shape index (κ1) is 10.3. The molecule has 4 nitrogen and oxygen atoms in total. The fourth-order valence-corrected chi connectivity index (χ4v) is 2.01. The van der Waals surface area contributed by atoms with Gasteiger partial charge in [0.15, 0.2) is 0 Å². The van der Waals surface area contributed by atoms with Gasteiger partial charge in [0.25, 0.3) is 0 Å². The van der Waals surface area contributed by atoms with Crippen LogP contribution in [0, 0.1) is 5.92 Å². The molecule has 4 heteroatoms. The molecule has 0 saturated carbocycles. The fourth-order valence-electron chi connectivity index (χ4n) is 2.01. The van der Waals surface area contributed by atoms with Crippen LogP contribution in [0.4, 0.5) is 0 Å². The molecule has 1 rings (SSSR count). The van der Waals surface area contributed by atoms with E-state index in [1.165, 1.54) is 6.42 Å². The van der Waals surface area contributed by atoms with Crippen molar-refractivity contribution in [3.05, 3.63) is 0 Å². The van der Waals surface area contributed by atoms with E-state index in [2.05, 4.69) is 23.9 Å². The van der Waals surface area contributed by atoms with E-state index >= 15 is 0 Å². The second kappa shape index (κ2) is 4.46. The van der Waals surface area contributed by atoms with Crippen molar-refractivity contribution in [1.29, 1.82) is 0 Å². The Morgan fingerprint density at radius 3 is 2.77 bits per heavy atom. The first-order chi connectivity index (χ1) is 6.13. The summed E-state index contributed by atoms with van der Waals surface area (Å²) >= 11 is 0. The lowest BCUT2D eigenvalue weighted by molar-refractivity contribution is 0.269. The van der Waals surface area contributed by atoms with Gasteiger partial charge in [0.2, 0.25) is 0 Å². The van der Waals surface area contributed by atoms with Crippen LogP contribution >= 0.6 is 0 Å². The van der Waals surface area contributed by atoms with Gasteiger partial charge in [-0.15, -0.1) is 0 Å². The van der Waals surface area contributed by atoms with Crippen LogP contribution in [0.25, 0.3) is 0 Å². The summed E-state index contributed by atoms with van der Waals surface area (Å²) in [6.45, 7) is 6.54. The average molecular weight is 185 g/mol. The summed E-state index contributed by atoms with van der Waals surface area (Å²) in [4.78, 5) is 2.39. The third-order valence-electron chi connectivity index (χ3n) is 2.70. The molecule has 0 bridgehead atoms. The zero-order valence-corrected chi connectivity index (χ0v) is 8.40. The Labute approximate surface area is 79.4 Å². The largest absolute Gasteiger partial charge is 0.409 e. The van der Waals surface area contributed by atoms with Gasteiger partial charge >= 0.3 is 0 Å². The van der Waals surface area contributed by atoms with Gasteiger partial charge in [-0.1, -0.05) is 12.1 Å². The molecule has 3 N–H and O–H groups in total. The van der Waals surface area contributed by atoms with Gasteiger partial charge in [-0.3, -0.25) is 4.90 Å². The third kappa shape index (κ3) is 2.88. The van der Waals surface area contributed by atoms with Gasteiger partial charge in [-0.25, -0.2) is 0 Å². The van der Waals surface area contributed by atoms with Crippen LogP contribution in [-0.2, 0) is 0 Å². The highest BCUT2D eigenvalue weighted by Gasteiger charge is 2.25. The molecular weight excluding hydrogens is 166 g/mol. The average Bonchev–Trinajstić information content (AvgIpc) is 2.41. The molecule has 0 aromatic heterocycles. The number of hydrogen-bond donors (Lipinski definition) is 2. The summed E-state index contributed by atoms with van der Waals surface area (Å²) in [5.74, 6) is 1.11. The monoisotopic (exact) mass is 185 g/mol. The maximum atomic E-state index is 8.37. The molecule has 1 heterocycles. The molecule has 0 radical (unpaired) electrons. The Balaban J connectivity index is 2.29. The maximum absolute atomic E-state index is 8.37. The molecule has 76 valence electrons. The molecule has 2 unspecified atom stereocenters. The molecule has 2 atom stereocenters. The summed E-state index contributed by atoms with van der Waals surface area (Å²) in [6, 6.07) is 0.640. The Hall–Kier alpha value is -0.770. The van der Waals surface area contributed by atoms with Crippen LogP contribution in [0.2, 0.25) is 0 Å². The van der Waals surface area contributed by atoms with Crippen LogP contribution in [0.15, 0.2) is 5.16 Å². The Bertz CT molecular complexity index is 193. The lowest BCUT2D eigenvalue weighted by Gasteiger charge is -2.20. The highest BCUT2D eigenvalue weighted by molar-refractivity contribution is 5.79. The molecule has 1 aliphatic heterocycles. The van der Waals surface area contributed by atoms with Crippen LogP contribution in [0.1, 0.15) is 26.7 Å². The minimum Gasteiger partial charge on any atom is -0.409 e. The number of likely N-dealkylation sites (tertiary alicyclic amines) is 1. The minimum absolute atomic E-state index is 0.326. The van der Waals surface area contributed by atoms with Crippen LogP contribution < -0.4 is 5.73 Å². The number of oxime groups is 1. The molecule has 0 aliphatic carbocycles. The van der Waals surface area contributed by atoms with Crippen LogP contribution in [0.3, 0.4) is 0 Å². The van der Waals surface area contributed by atoms with Gasteiger partial charge in [-0.2, -0.15) is 0 Å². The Morgan fingerprint density at radius 1 is 1.62 bits per heavy atom. The molecule has 0 amide bonds. The third-order valence-corrected chi connectivity index (χ3v) is 2.70. The van der Waals surface area contributed by atoms with E-state index in [1.807, 2.05) is 0 Å². The Kier molecular flexibility index (Phi) is 3.54. The number of nitrogens with two attached hydrogens (primary N) is 1. The van der Waals surface area contributed by atoms with Crippen molar-refractivity contribution in [3.8, 4) is 0 Å². The standard InChI is InChI=1S/C9H19N3O/c1-7-5-8(2)12(6-7)4-3-9(10)11-13/h7-8,13H,3-6H2,1-2H3,(H2,10,11). The SMILES string of the molecule is CC1CC(C)N(CCC(N)=NO)C1. The van der Waals surface area contributed by atoms with Crippen molar-refractivity contribution in [3.63, 3.8) is 0 Å². The van der Waals surface area contributed by atoms with Crippen molar-refractivity contribution >= 4 is 5.84 Å². The summed E-state index contributed by atoms with van der Waals surface area (Å²) in [5, 5.41) is 11.3. The minimum atomic E-state index is 0.326. The molecule has 0 aromatic carbocycles. The van der Waals surface area contributed by atoms with Gasteiger partial charge in [0, 0.05) is 25.6 Å². The van der Waals surface area contributed by atoms with Crippen molar-refractivity contribution in [2.45, 2.75) is 32.7 Å². The lowest BCUT2D eigenvalue weighted by atomic mass is 10.1. The van der Waals surface area contributed by atoms with E-state index in [4.69, 9.17) is 10.9 Å². The van der Waals surface area contributed by atoms with E-state index in [-0.39, 0.29) is 0 Å². The second-order valence-corrected chi connectivity index (χ2v) is 4.03. The molecule has 1 saturated heterocycles. The van der Waals surface area contributed by atoms with Crippen molar-refractivity contribution in [2.75, 3.05) is 13.1 Å². The van der Waals surface area contributed by atoms with E-state index in [0.717, 1.165) is 19.0 Å². The van der Waals surface area contributed by atoms with Crippen molar-refractivity contribution in [1.82, 2.24) is 4.90 Å². The highest BCUT2D eigenvalue weighted by Crippen LogP contribution is 2.21. The number of nitrogens with zero attached hydrogens (tertiary/aromatic N) is 2. The van der Waals surface area contributed by atoms with Gasteiger partial charge in [0.1, 0.15) is 5.84 Å². The van der Waals surface area contributed by atoms with E-state index < -0.39 is 0 Å². The number of hydrogen-bond acceptors (Lipinski definition) is 3. The molecule has 1 fully saturated rings. The topological polar surface area (TPSA) is 61.8 Å². The van der Waals surface area contributed by atoms with Crippen LogP contribution in [-0.4, -0.2) is 35.1 Å². The maximum Gasteiger partial charge on any atom is 0.140 e. The Morgan fingerprint density at radius 2 is 2.31 bits per heavy atom. The molecule has 0 aromatic rings. The predicted octanol–water partition coefficient (Wildman–Crippen LogP) is 0.853. The van der Waals surface area contributed by atoms with Crippen LogP contribution in [0.5, 0.6) is 0 Å². The highest BCUT2D eigenvalue weighted by atomic mass is 16.4. The lowest BCUT2D eigenvalue weighted by Crippen LogP contribution is -2.31. The van der Waals surface area contributed by atoms with E-state index in [1.54, 1.807) is 0 Å². The summed E-state index contributed by atoms with van der Waals surface area (Å²) in [7, 11) is 0. The quantitative estimate of drug-likeness (QED) is 0.296. The zero-order chi connectivity index (χ0) is 9.84. The predicted molar refractivity (Wildman–Crippen MR) is 52.8 cm³/mol. The summed E-state index contributed by atoms with van der Waals surface area (Å²) in [6.07, 6.45) is 1.92. The molecular formula is C9H19N3O.